The zero-order valence-electron chi connectivity index (χ0n) is 14.3. The predicted molar refractivity (Wildman–Crippen MR) is 102 cm³/mol. The Kier molecular flexibility index (Phi) is 4.38. The number of hydrogen-bond acceptors (Lipinski definition) is 4. The van der Waals surface area contributed by atoms with Crippen LogP contribution in [0.1, 0.15) is 23.6 Å². The van der Waals surface area contributed by atoms with Gasteiger partial charge in [0.15, 0.2) is 0 Å². The highest BCUT2D eigenvalue weighted by Gasteiger charge is 2.30. The van der Waals surface area contributed by atoms with Crippen LogP contribution in [0.5, 0.6) is 0 Å². The Bertz CT molecular complexity index is 986. The molecule has 5 nitrogen and oxygen atoms in total. The molecule has 0 fully saturated rings. The zero-order valence-corrected chi connectivity index (χ0v) is 14.3. The Balaban J connectivity index is 1.71. The molecule has 4 rings (SSSR count). The topological polar surface area (TPSA) is 58.7 Å². The van der Waals surface area contributed by atoms with Gasteiger partial charge in [-0.3, -0.25) is 15.1 Å². The van der Waals surface area contributed by atoms with Crippen molar-refractivity contribution in [2.24, 2.45) is 5.10 Å². The predicted octanol–water partition coefficient (Wildman–Crippen LogP) is 5.09. The fourth-order valence-electron chi connectivity index (χ4n) is 3.22. The Labute approximate surface area is 155 Å². The maximum Gasteiger partial charge on any atom is 0.269 e. The maximum atomic E-state index is 13.3. The minimum absolute atomic E-state index is 0.0485. The highest BCUT2D eigenvalue weighted by Crippen LogP contribution is 2.36. The fourth-order valence-corrected chi connectivity index (χ4v) is 3.22. The van der Waals surface area contributed by atoms with Crippen LogP contribution < -0.4 is 5.01 Å². The fraction of sp³-hybridized carbons (Fsp3) is 0.0952. The van der Waals surface area contributed by atoms with Gasteiger partial charge in [0.25, 0.3) is 5.69 Å². The van der Waals surface area contributed by atoms with Crippen molar-refractivity contribution in [2.45, 2.75) is 12.5 Å². The molecule has 1 aliphatic rings. The van der Waals surface area contributed by atoms with Gasteiger partial charge in [-0.15, -0.1) is 0 Å². The molecule has 0 bridgehead atoms. The van der Waals surface area contributed by atoms with Crippen molar-refractivity contribution in [1.82, 2.24) is 0 Å². The molecular weight excluding hydrogens is 345 g/mol. The second-order valence-corrected chi connectivity index (χ2v) is 6.30. The number of nitro benzene ring substituents is 1. The third-order valence-electron chi connectivity index (χ3n) is 4.60. The lowest BCUT2D eigenvalue weighted by Gasteiger charge is -2.23. The van der Waals surface area contributed by atoms with Gasteiger partial charge in [-0.05, 0) is 47.5 Å². The number of hydrogen-bond donors (Lipinski definition) is 0. The molecule has 1 atom stereocenters. The van der Waals surface area contributed by atoms with Crippen molar-refractivity contribution in [1.29, 1.82) is 0 Å². The Hall–Kier alpha value is -3.54. The molecule has 0 aliphatic carbocycles. The van der Waals surface area contributed by atoms with Gasteiger partial charge >= 0.3 is 0 Å². The molecule has 3 aromatic carbocycles. The lowest BCUT2D eigenvalue weighted by atomic mass is 9.98. The van der Waals surface area contributed by atoms with E-state index in [1.54, 1.807) is 24.3 Å². The molecule has 134 valence electrons. The molecule has 1 unspecified atom stereocenters. The first-order valence-electron chi connectivity index (χ1n) is 8.54. The smallest absolute Gasteiger partial charge is 0.258 e. The van der Waals surface area contributed by atoms with Gasteiger partial charge in [-0.1, -0.05) is 30.3 Å². The van der Waals surface area contributed by atoms with E-state index < -0.39 is 4.92 Å². The van der Waals surface area contributed by atoms with Crippen LogP contribution in [-0.2, 0) is 0 Å². The van der Waals surface area contributed by atoms with Crippen LogP contribution in [0.2, 0.25) is 0 Å². The summed E-state index contributed by atoms with van der Waals surface area (Å²) in [4.78, 5) is 10.5. The summed E-state index contributed by atoms with van der Waals surface area (Å²) >= 11 is 0. The first-order chi connectivity index (χ1) is 13.1. The van der Waals surface area contributed by atoms with Gasteiger partial charge in [0.1, 0.15) is 5.82 Å². The third kappa shape index (κ3) is 3.42. The van der Waals surface area contributed by atoms with Crippen LogP contribution in [0.3, 0.4) is 0 Å². The zero-order chi connectivity index (χ0) is 18.8. The molecule has 0 aromatic heterocycles. The number of rotatable bonds is 4. The summed E-state index contributed by atoms with van der Waals surface area (Å²) in [6, 6.07) is 22.5. The van der Waals surface area contributed by atoms with Gasteiger partial charge < -0.3 is 0 Å². The summed E-state index contributed by atoms with van der Waals surface area (Å²) in [6.45, 7) is 0. The quantitative estimate of drug-likeness (QED) is 0.480. The van der Waals surface area contributed by atoms with E-state index in [0.717, 1.165) is 22.5 Å². The SMILES string of the molecule is O=[N+]([O-])c1ccc(C2=NN(c3ccccc3)C(c3ccc(F)cc3)C2)cc1. The van der Waals surface area contributed by atoms with Crippen molar-refractivity contribution < 1.29 is 9.31 Å². The summed E-state index contributed by atoms with van der Waals surface area (Å²) < 4.78 is 13.3. The van der Waals surface area contributed by atoms with Crippen molar-refractivity contribution in [3.63, 3.8) is 0 Å². The number of non-ortho nitro benzene ring substituents is 1. The van der Waals surface area contributed by atoms with E-state index in [9.17, 15) is 14.5 Å². The van der Waals surface area contributed by atoms with Crippen LogP contribution >= 0.6 is 0 Å². The number of para-hydroxylation sites is 1. The van der Waals surface area contributed by atoms with E-state index in [4.69, 9.17) is 5.10 Å². The van der Waals surface area contributed by atoms with E-state index >= 15 is 0 Å². The van der Waals surface area contributed by atoms with E-state index in [-0.39, 0.29) is 17.5 Å². The van der Waals surface area contributed by atoms with E-state index in [0.29, 0.717) is 6.42 Å². The summed E-state index contributed by atoms with van der Waals surface area (Å²) in [7, 11) is 0. The molecule has 3 aromatic rings. The number of benzene rings is 3. The number of anilines is 1. The first kappa shape index (κ1) is 16.9. The third-order valence-corrected chi connectivity index (χ3v) is 4.60. The lowest BCUT2D eigenvalue weighted by Crippen LogP contribution is -2.18. The number of nitro groups is 1. The molecule has 6 heteroatoms. The van der Waals surface area contributed by atoms with Gasteiger partial charge in [0.2, 0.25) is 0 Å². The van der Waals surface area contributed by atoms with Crippen LogP contribution in [0.15, 0.2) is 84.0 Å². The van der Waals surface area contributed by atoms with Crippen LogP contribution in [0.4, 0.5) is 15.8 Å². The van der Waals surface area contributed by atoms with Crippen molar-refractivity contribution in [2.75, 3.05) is 5.01 Å². The maximum absolute atomic E-state index is 13.3. The Morgan fingerprint density at radius 3 is 2.26 bits per heavy atom. The number of hydrazone groups is 1. The van der Waals surface area contributed by atoms with E-state index in [1.165, 1.54) is 24.3 Å². The van der Waals surface area contributed by atoms with Crippen LogP contribution in [-0.4, -0.2) is 10.6 Å². The molecule has 0 amide bonds. The molecule has 27 heavy (non-hydrogen) atoms. The van der Waals surface area contributed by atoms with Gasteiger partial charge in [0.05, 0.1) is 22.4 Å². The number of halogens is 1. The van der Waals surface area contributed by atoms with Gasteiger partial charge in [-0.25, -0.2) is 4.39 Å². The monoisotopic (exact) mass is 361 g/mol. The minimum atomic E-state index is -0.419. The molecular formula is C21H16FN3O2. The van der Waals surface area contributed by atoms with Crippen LogP contribution in [0.25, 0.3) is 0 Å². The van der Waals surface area contributed by atoms with Gasteiger partial charge in [0, 0.05) is 18.6 Å². The Morgan fingerprint density at radius 1 is 0.963 bits per heavy atom. The van der Waals surface area contributed by atoms with Crippen LogP contribution in [0, 0.1) is 15.9 Å². The van der Waals surface area contributed by atoms with Crippen molar-refractivity contribution in [3.8, 4) is 0 Å². The largest absolute Gasteiger partial charge is 0.269 e. The second-order valence-electron chi connectivity index (χ2n) is 6.30. The molecule has 0 radical (unpaired) electrons. The highest BCUT2D eigenvalue weighted by molar-refractivity contribution is 6.03. The van der Waals surface area contributed by atoms with E-state index in [1.807, 2.05) is 35.3 Å². The number of nitrogens with zero attached hydrogens (tertiary/aromatic N) is 3. The first-order valence-corrected chi connectivity index (χ1v) is 8.54. The average molecular weight is 361 g/mol. The summed E-state index contributed by atoms with van der Waals surface area (Å²) in [5, 5.41) is 17.6. The molecule has 0 saturated heterocycles. The summed E-state index contributed by atoms with van der Waals surface area (Å²) in [5.41, 5.74) is 3.62. The second kappa shape index (κ2) is 6.99. The van der Waals surface area contributed by atoms with Gasteiger partial charge in [-0.2, -0.15) is 5.10 Å². The highest BCUT2D eigenvalue weighted by atomic mass is 19.1. The minimum Gasteiger partial charge on any atom is -0.258 e. The Morgan fingerprint density at radius 2 is 1.63 bits per heavy atom. The van der Waals surface area contributed by atoms with Crippen molar-refractivity contribution >= 4 is 17.1 Å². The average Bonchev–Trinajstić information content (AvgIpc) is 3.15. The molecule has 0 saturated carbocycles. The standard InChI is InChI=1S/C21H16FN3O2/c22-17-10-6-16(7-11-17)21-14-20(15-8-12-19(13-9-15)25(26)27)23-24(21)18-4-2-1-3-5-18/h1-13,21H,14H2. The molecule has 1 heterocycles. The lowest BCUT2D eigenvalue weighted by molar-refractivity contribution is -0.384. The molecule has 0 spiro atoms. The van der Waals surface area contributed by atoms with E-state index in [2.05, 4.69) is 0 Å². The molecule has 1 aliphatic heterocycles. The summed E-state index contributed by atoms with van der Waals surface area (Å²) in [6.07, 6.45) is 0.623. The normalized spacial score (nSPS) is 16.3. The van der Waals surface area contributed by atoms with Crippen molar-refractivity contribution in [3.05, 3.63) is 106 Å². The summed E-state index contributed by atoms with van der Waals surface area (Å²) in [5.74, 6) is -0.278. The molecule has 0 N–H and O–H groups in total.